The van der Waals surface area contributed by atoms with Gasteiger partial charge in [-0.25, -0.2) is 15.0 Å². The van der Waals surface area contributed by atoms with Crippen molar-refractivity contribution >= 4 is 40.1 Å². The molecule has 0 saturated carbocycles. The second kappa shape index (κ2) is 4.71. The van der Waals surface area contributed by atoms with Crippen LogP contribution in [0.2, 0.25) is 5.28 Å². The van der Waals surface area contributed by atoms with E-state index >= 15 is 0 Å². The second-order valence-corrected chi connectivity index (χ2v) is 5.12. The van der Waals surface area contributed by atoms with Gasteiger partial charge >= 0.3 is 0 Å². The van der Waals surface area contributed by atoms with Gasteiger partial charge in [0.05, 0.1) is 11.4 Å². The van der Waals surface area contributed by atoms with Crippen molar-refractivity contribution in [2.45, 2.75) is 17.2 Å². The molecular formula is C12H9ClN4OS. The Morgan fingerprint density at radius 3 is 2.79 bits per heavy atom. The maximum atomic E-state index is 5.92. The summed E-state index contributed by atoms with van der Waals surface area (Å²) in [6.07, 6.45) is 0. The van der Waals surface area contributed by atoms with Gasteiger partial charge in [-0.1, -0.05) is 12.1 Å². The van der Waals surface area contributed by atoms with Crippen LogP contribution in [0.3, 0.4) is 0 Å². The first kappa shape index (κ1) is 12.3. The summed E-state index contributed by atoms with van der Waals surface area (Å²) >= 11 is 7.05. The number of aromatic nitrogens is 3. The number of para-hydroxylation sites is 2. The van der Waals surface area contributed by atoms with Gasteiger partial charge in [-0.15, -0.1) is 0 Å². The highest BCUT2D eigenvalue weighted by Crippen LogP contribution is 2.33. The molecule has 0 aliphatic heterocycles. The molecule has 0 saturated heterocycles. The van der Waals surface area contributed by atoms with Gasteiger partial charge in [-0.05, 0) is 42.4 Å². The minimum absolute atomic E-state index is 0.158. The van der Waals surface area contributed by atoms with Gasteiger partial charge < -0.3 is 10.2 Å². The first-order chi connectivity index (χ1) is 9.13. The minimum Gasteiger partial charge on any atom is -0.431 e. The van der Waals surface area contributed by atoms with Crippen LogP contribution in [0.1, 0.15) is 5.69 Å². The smallest absolute Gasteiger partial charge is 0.263 e. The zero-order valence-corrected chi connectivity index (χ0v) is 11.5. The molecule has 0 atom stereocenters. The summed E-state index contributed by atoms with van der Waals surface area (Å²) in [5.74, 6) is 0. The molecule has 2 heterocycles. The highest BCUT2D eigenvalue weighted by atomic mass is 35.5. The summed E-state index contributed by atoms with van der Waals surface area (Å²) in [6.45, 7) is 1.78. The van der Waals surface area contributed by atoms with Gasteiger partial charge in [0.15, 0.2) is 5.58 Å². The zero-order valence-electron chi connectivity index (χ0n) is 9.92. The van der Waals surface area contributed by atoms with E-state index in [1.54, 1.807) is 6.92 Å². The van der Waals surface area contributed by atoms with Crippen LogP contribution in [0.4, 0.5) is 5.69 Å². The number of aryl methyl sites for hydroxylation is 1. The molecular weight excluding hydrogens is 284 g/mol. The summed E-state index contributed by atoms with van der Waals surface area (Å²) < 4.78 is 5.60. The number of oxazole rings is 1. The molecule has 7 heteroatoms. The van der Waals surface area contributed by atoms with Crippen molar-refractivity contribution in [2.75, 3.05) is 5.73 Å². The minimum atomic E-state index is 0.158. The van der Waals surface area contributed by atoms with Crippen LogP contribution in [0.15, 0.2) is 38.9 Å². The van der Waals surface area contributed by atoms with Gasteiger partial charge in [0.2, 0.25) is 5.28 Å². The van der Waals surface area contributed by atoms with Crippen molar-refractivity contribution < 1.29 is 4.42 Å². The van der Waals surface area contributed by atoms with E-state index in [4.69, 9.17) is 21.8 Å². The van der Waals surface area contributed by atoms with Gasteiger partial charge in [-0.3, -0.25) is 0 Å². The Labute approximate surface area is 118 Å². The van der Waals surface area contributed by atoms with Crippen molar-refractivity contribution in [1.29, 1.82) is 0 Å². The molecule has 0 amide bonds. The molecule has 19 heavy (non-hydrogen) atoms. The maximum absolute atomic E-state index is 5.92. The molecule has 96 valence electrons. The van der Waals surface area contributed by atoms with Crippen LogP contribution in [0.25, 0.3) is 11.1 Å². The Kier molecular flexibility index (Phi) is 3.04. The van der Waals surface area contributed by atoms with Gasteiger partial charge in [0.1, 0.15) is 10.5 Å². The topological polar surface area (TPSA) is 77.8 Å². The number of rotatable bonds is 2. The number of nitrogens with two attached hydrogens (primary N) is 1. The van der Waals surface area contributed by atoms with E-state index in [1.165, 1.54) is 11.8 Å². The lowest BCUT2D eigenvalue weighted by Gasteiger charge is -2.04. The lowest BCUT2D eigenvalue weighted by Crippen LogP contribution is -1.99. The monoisotopic (exact) mass is 292 g/mol. The third-order valence-electron chi connectivity index (χ3n) is 2.53. The van der Waals surface area contributed by atoms with Crippen molar-refractivity contribution in [3.05, 3.63) is 35.2 Å². The molecule has 3 aromatic rings. The van der Waals surface area contributed by atoms with Gasteiger partial charge in [0.25, 0.3) is 5.22 Å². The molecule has 2 aromatic heterocycles. The highest BCUT2D eigenvalue weighted by Gasteiger charge is 2.13. The lowest BCUT2D eigenvalue weighted by atomic mass is 10.3. The first-order valence-electron chi connectivity index (χ1n) is 5.46. The molecule has 0 fully saturated rings. The van der Waals surface area contributed by atoms with E-state index in [0.29, 0.717) is 21.6 Å². The van der Waals surface area contributed by atoms with Crippen LogP contribution >= 0.6 is 23.4 Å². The fourth-order valence-electron chi connectivity index (χ4n) is 1.58. The van der Waals surface area contributed by atoms with E-state index in [-0.39, 0.29) is 5.28 Å². The molecule has 5 nitrogen and oxygen atoms in total. The fraction of sp³-hybridized carbons (Fsp3) is 0.0833. The normalized spacial score (nSPS) is 11.1. The number of hydrogen-bond acceptors (Lipinski definition) is 6. The second-order valence-electron chi connectivity index (χ2n) is 3.85. The average Bonchev–Trinajstić information content (AvgIpc) is 2.77. The summed E-state index contributed by atoms with van der Waals surface area (Å²) in [7, 11) is 0. The molecule has 0 radical (unpaired) electrons. The number of hydrogen-bond donors (Lipinski definition) is 1. The quantitative estimate of drug-likeness (QED) is 0.577. The Hall–Kier alpha value is -1.79. The Bertz CT molecular complexity index is 726. The third-order valence-corrected chi connectivity index (χ3v) is 3.56. The standard InChI is InChI=1S/C12H9ClN4OS/c1-6-9(14)10(17-11(13)15-6)19-12-16-7-4-2-3-5-8(7)18-12/h2-5H,14H2,1H3. The summed E-state index contributed by atoms with van der Waals surface area (Å²) in [5.41, 5.74) is 8.55. The number of nitrogen functional groups attached to an aromatic ring is 1. The zero-order chi connectivity index (χ0) is 13.4. The van der Waals surface area contributed by atoms with Crippen molar-refractivity contribution in [3.8, 4) is 0 Å². The Morgan fingerprint density at radius 1 is 1.21 bits per heavy atom. The molecule has 1 aromatic carbocycles. The maximum Gasteiger partial charge on any atom is 0.263 e. The SMILES string of the molecule is Cc1nc(Cl)nc(Sc2nc3ccccc3o2)c1N. The van der Waals surface area contributed by atoms with Crippen LogP contribution < -0.4 is 5.73 Å². The number of benzene rings is 1. The van der Waals surface area contributed by atoms with Crippen molar-refractivity contribution in [2.24, 2.45) is 0 Å². The van der Waals surface area contributed by atoms with Crippen molar-refractivity contribution in [1.82, 2.24) is 15.0 Å². The fourth-order valence-corrected chi connectivity index (χ4v) is 2.67. The van der Waals surface area contributed by atoms with E-state index in [0.717, 1.165) is 11.1 Å². The highest BCUT2D eigenvalue weighted by molar-refractivity contribution is 7.99. The number of halogens is 1. The predicted octanol–water partition coefficient (Wildman–Crippen LogP) is 3.31. The summed E-state index contributed by atoms with van der Waals surface area (Å²) in [4.78, 5) is 12.4. The van der Waals surface area contributed by atoms with E-state index < -0.39 is 0 Å². The number of nitrogens with zero attached hydrogens (tertiary/aromatic N) is 3. The van der Waals surface area contributed by atoms with Crippen LogP contribution in [-0.4, -0.2) is 15.0 Å². The van der Waals surface area contributed by atoms with E-state index in [9.17, 15) is 0 Å². The molecule has 3 rings (SSSR count). The number of fused-ring (bicyclic) bond motifs is 1. The van der Waals surface area contributed by atoms with Crippen LogP contribution in [-0.2, 0) is 0 Å². The molecule has 2 N–H and O–H groups in total. The summed E-state index contributed by atoms with van der Waals surface area (Å²) in [5, 5.41) is 1.18. The van der Waals surface area contributed by atoms with Crippen LogP contribution in [0.5, 0.6) is 0 Å². The largest absolute Gasteiger partial charge is 0.431 e. The van der Waals surface area contributed by atoms with Crippen molar-refractivity contribution in [3.63, 3.8) is 0 Å². The van der Waals surface area contributed by atoms with Gasteiger partial charge in [-0.2, -0.15) is 0 Å². The Morgan fingerprint density at radius 2 is 2.00 bits per heavy atom. The first-order valence-corrected chi connectivity index (χ1v) is 6.66. The lowest BCUT2D eigenvalue weighted by molar-refractivity contribution is 0.489. The molecule has 0 spiro atoms. The number of anilines is 1. The van der Waals surface area contributed by atoms with Gasteiger partial charge in [0, 0.05) is 0 Å². The Balaban J connectivity index is 2.01. The molecule has 0 bridgehead atoms. The van der Waals surface area contributed by atoms with E-state index in [1.807, 2.05) is 24.3 Å². The molecule has 0 aliphatic carbocycles. The summed E-state index contributed by atoms with van der Waals surface area (Å²) in [6, 6.07) is 7.53. The molecule has 0 unspecified atom stereocenters. The average molecular weight is 293 g/mol. The van der Waals surface area contributed by atoms with E-state index in [2.05, 4.69) is 15.0 Å². The predicted molar refractivity (Wildman–Crippen MR) is 74.3 cm³/mol. The molecule has 0 aliphatic rings. The van der Waals surface area contributed by atoms with Crippen LogP contribution in [0, 0.1) is 6.92 Å². The third kappa shape index (κ3) is 2.36.